The number of hydrogen-bond donors (Lipinski definition) is 0. The minimum atomic E-state index is -0.162. The van der Waals surface area contributed by atoms with Gasteiger partial charge in [-0.05, 0) is 38.5 Å². The third-order valence-electron chi connectivity index (χ3n) is 4.51. The van der Waals surface area contributed by atoms with Crippen LogP contribution in [0.5, 0.6) is 0 Å². The largest absolute Gasteiger partial charge is 0.466 e. The van der Waals surface area contributed by atoms with Crippen LogP contribution in [0.3, 0.4) is 0 Å². The second-order valence-electron chi connectivity index (χ2n) is 5.38. The predicted molar refractivity (Wildman–Crippen MR) is 64.5 cm³/mol. The molecule has 0 aromatic carbocycles. The van der Waals surface area contributed by atoms with Crippen molar-refractivity contribution < 1.29 is 14.3 Å². The first-order valence-electron chi connectivity index (χ1n) is 6.88. The molecule has 0 aliphatic heterocycles. The van der Waals surface area contributed by atoms with Crippen LogP contribution < -0.4 is 0 Å². The molecular weight excluding hydrogens is 216 g/mol. The van der Waals surface area contributed by atoms with Crippen molar-refractivity contribution in [2.24, 2.45) is 11.3 Å². The lowest BCUT2D eigenvalue weighted by Crippen LogP contribution is -2.40. The summed E-state index contributed by atoms with van der Waals surface area (Å²) in [5.74, 6) is 0.527. The Hall–Kier alpha value is -0.860. The number of carbonyl (C=O) groups excluding carboxylic acids is 2. The number of ether oxygens (including phenoxy) is 1. The highest BCUT2D eigenvalue weighted by molar-refractivity contribution is 5.87. The van der Waals surface area contributed by atoms with Crippen molar-refractivity contribution in [3.8, 4) is 0 Å². The molecule has 2 saturated carbocycles. The van der Waals surface area contributed by atoms with Crippen molar-refractivity contribution >= 4 is 11.8 Å². The maximum atomic E-state index is 12.2. The molecule has 0 amide bonds. The molecule has 2 aliphatic carbocycles. The van der Waals surface area contributed by atoms with Crippen molar-refractivity contribution in [2.45, 2.75) is 58.3 Å². The van der Waals surface area contributed by atoms with E-state index in [1.54, 1.807) is 0 Å². The van der Waals surface area contributed by atoms with Gasteiger partial charge in [-0.25, -0.2) is 0 Å². The molecule has 2 rings (SSSR count). The van der Waals surface area contributed by atoms with Gasteiger partial charge in [-0.1, -0.05) is 12.8 Å². The zero-order chi connectivity index (χ0) is 12.3. The van der Waals surface area contributed by atoms with E-state index < -0.39 is 0 Å². The highest BCUT2D eigenvalue weighted by Crippen LogP contribution is 2.51. The molecule has 1 spiro atoms. The summed E-state index contributed by atoms with van der Waals surface area (Å²) in [7, 11) is 0. The highest BCUT2D eigenvalue weighted by atomic mass is 16.5. The van der Waals surface area contributed by atoms with E-state index in [2.05, 4.69) is 0 Å². The van der Waals surface area contributed by atoms with Crippen molar-refractivity contribution in [3.63, 3.8) is 0 Å². The molecular formula is C14H22O3. The van der Waals surface area contributed by atoms with Gasteiger partial charge in [-0.3, -0.25) is 9.59 Å². The molecule has 0 radical (unpaired) electrons. The molecule has 17 heavy (non-hydrogen) atoms. The molecule has 1 atom stereocenters. The Morgan fingerprint density at radius 2 is 2.06 bits per heavy atom. The van der Waals surface area contributed by atoms with E-state index in [4.69, 9.17) is 4.74 Å². The number of carbonyl (C=O) groups is 2. The molecule has 96 valence electrons. The second kappa shape index (κ2) is 5.19. The summed E-state index contributed by atoms with van der Waals surface area (Å²) in [4.78, 5) is 23.8. The van der Waals surface area contributed by atoms with Crippen LogP contribution in [0.25, 0.3) is 0 Å². The molecule has 0 saturated heterocycles. The molecule has 0 N–H and O–H groups in total. The maximum absolute atomic E-state index is 12.2. The fourth-order valence-corrected chi connectivity index (χ4v) is 3.67. The van der Waals surface area contributed by atoms with Gasteiger partial charge in [0.15, 0.2) is 0 Å². The summed E-state index contributed by atoms with van der Waals surface area (Å²) >= 11 is 0. The minimum absolute atomic E-state index is 0.126. The van der Waals surface area contributed by atoms with Crippen LogP contribution in [-0.2, 0) is 14.3 Å². The Labute approximate surface area is 103 Å². The van der Waals surface area contributed by atoms with Crippen molar-refractivity contribution in [3.05, 3.63) is 0 Å². The van der Waals surface area contributed by atoms with Crippen LogP contribution in [-0.4, -0.2) is 18.4 Å². The molecule has 0 unspecified atom stereocenters. The lowest BCUT2D eigenvalue weighted by Gasteiger charge is -2.39. The Balaban J connectivity index is 2.07. The average molecular weight is 238 g/mol. The fourth-order valence-electron chi connectivity index (χ4n) is 3.67. The van der Waals surface area contributed by atoms with Crippen LogP contribution in [0.1, 0.15) is 58.3 Å². The SMILES string of the molecule is CCOC(=O)C[C@H]1CCCC(=O)C12CCCC2. The van der Waals surface area contributed by atoms with Gasteiger partial charge >= 0.3 is 5.97 Å². The van der Waals surface area contributed by atoms with E-state index in [9.17, 15) is 9.59 Å². The van der Waals surface area contributed by atoms with Gasteiger partial charge in [-0.15, -0.1) is 0 Å². The van der Waals surface area contributed by atoms with Gasteiger partial charge in [0.25, 0.3) is 0 Å². The molecule has 2 fully saturated rings. The molecule has 0 heterocycles. The standard InChI is InChI=1S/C14H22O3/c1-2-17-13(16)10-11-6-5-7-12(15)14(11)8-3-4-9-14/h11H,2-10H2,1H3/t11-/m1/s1. The summed E-state index contributed by atoms with van der Waals surface area (Å²) in [6.07, 6.45) is 7.41. The van der Waals surface area contributed by atoms with Crippen LogP contribution in [0.2, 0.25) is 0 Å². The number of hydrogen-bond acceptors (Lipinski definition) is 3. The molecule has 3 nitrogen and oxygen atoms in total. The zero-order valence-corrected chi connectivity index (χ0v) is 10.7. The van der Waals surface area contributed by atoms with E-state index in [-0.39, 0.29) is 17.3 Å². The Kier molecular flexibility index (Phi) is 3.85. The molecule has 3 heteroatoms. The first-order chi connectivity index (χ1) is 8.19. The van der Waals surface area contributed by atoms with E-state index in [0.29, 0.717) is 18.8 Å². The lowest BCUT2D eigenvalue weighted by molar-refractivity contribution is -0.148. The Morgan fingerprint density at radius 3 is 2.71 bits per heavy atom. The normalized spacial score (nSPS) is 27.4. The quantitative estimate of drug-likeness (QED) is 0.710. The third-order valence-corrected chi connectivity index (χ3v) is 4.51. The van der Waals surface area contributed by atoms with Gasteiger partial charge in [-0.2, -0.15) is 0 Å². The van der Waals surface area contributed by atoms with Crippen LogP contribution in [0.4, 0.5) is 0 Å². The fraction of sp³-hybridized carbons (Fsp3) is 0.857. The van der Waals surface area contributed by atoms with Crippen LogP contribution in [0, 0.1) is 11.3 Å². The van der Waals surface area contributed by atoms with Gasteiger partial charge in [0, 0.05) is 18.3 Å². The van der Waals surface area contributed by atoms with Crippen molar-refractivity contribution in [1.82, 2.24) is 0 Å². The first kappa shape index (κ1) is 12.6. The number of esters is 1. The van der Waals surface area contributed by atoms with Crippen molar-refractivity contribution in [2.75, 3.05) is 6.61 Å². The monoisotopic (exact) mass is 238 g/mol. The summed E-state index contributed by atoms with van der Waals surface area (Å²) in [5, 5.41) is 0. The van der Waals surface area contributed by atoms with Crippen LogP contribution in [0.15, 0.2) is 0 Å². The third kappa shape index (κ3) is 2.38. The van der Waals surface area contributed by atoms with Gasteiger partial charge in [0.2, 0.25) is 0 Å². The highest BCUT2D eigenvalue weighted by Gasteiger charge is 2.49. The topological polar surface area (TPSA) is 43.4 Å². The summed E-state index contributed by atoms with van der Waals surface area (Å²) < 4.78 is 5.03. The second-order valence-corrected chi connectivity index (χ2v) is 5.38. The van der Waals surface area contributed by atoms with Gasteiger partial charge < -0.3 is 4.74 Å². The molecule has 0 aromatic heterocycles. The summed E-state index contributed by atoms with van der Waals surface area (Å²) in [6, 6.07) is 0. The van der Waals surface area contributed by atoms with E-state index in [1.807, 2.05) is 6.92 Å². The number of Topliss-reactive ketones (excluding diaryl/α,β-unsaturated/α-hetero) is 1. The van der Waals surface area contributed by atoms with Gasteiger partial charge in [0.05, 0.1) is 6.61 Å². The van der Waals surface area contributed by atoms with E-state index in [1.165, 1.54) is 0 Å². The van der Waals surface area contributed by atoms with Gasteiger partial charge in [0.1, 0.15) is 5.78 Å². The minimum Gasteiger partial charge on any atom is -0.466 e. The van der Waals surface area contributed by atoms with Crippen LogP contribution >= 0.6 is 0 Å². The zero-order valence-electron chi connectivity index (χ0n) is 10.7. The predicted octanol–water partition coefficient (Wildman–Crippen LogP) is 2.87. The number of rotatable bonds is 3. The first-order valence-corrected chi connectivity index (χ1v) is 6.88. The number of ketones is 1. The molecule has 2 aliphatic rings. The average Bonchev–Trinajstić information content (AvgIpc) is 2.76. The lowest BCUT2D eigenvalue weighted by atomic mass is 9.63. The summed E-state index contributed by atoms with van der Waals surface area (Å²) in [5.41, 5.74) is -0.162. The smallest absolute Gasteiger partial charge is 0.306 e. The maximum Gasteiger partial charge on any atom is 0.306 e. The molecule has 0 aromatic rings. The Morgan fingerprint density at radius 1 is 1.35 bits per heavy atom. The summed E-state index contributed by atoms with van der Waals surface area (Å²) in [6.45, 7) is 2.27. The molecule has 0 bridgehead atoms. The van der Waals surface area contributed by atoms with E-state index in [0.717, 1.165) is 44.9 Å². The Bertz CT molecular complexity index is 303. The van der Waals surface area contributed by atoms with E-state index >= 15 is 0 Å². The van der Waals surface area contributed by atoms with Crippen molar-refractivity contribution in [1.29, 1.82) is 0 Å².